The lowest BCUT2D eigenvalue weighted by molar-refractivity contribution is -0.151. The Morgan fingerprint density at radius 2 is 2.00 bits per heavy atom. The Morgan fingerprint density at radius 3 is 2.62 bits per heavy atom. The number of amides is 3. The molecular formula is C17H21N3O4. The van der Waals surface area contributed by atoms with E-state index in [1.165, 1.54) is 0 Å². The third-order valence-corrected chi connectivity index (χ3v) is 4.75. The van der Waals surface area contributed by atoms with Crippen molar-refractivity contribution in [3.05, 3.63) is 23.8 Å². The van der Waals surface area contributed by atoms with Crippen LogP contribution in [0.1, 0.15) is 25.3 Å². The molecule has 0 radical (unpaired) electrons. The summed E-state index contributed by atoms with van der Waals surface area (Å²) in [6, 6.07) is 5.33. The lowest BCUT2D eigenvalue weighted by Gasteiger charge is -2.32. The number of fused-ring (bicyclic) bond motifs is 1. The smallest absolute Gasteiger partial charge is 0.321 e. The van der Waals surface area contributed by atoms with Gasteiger partial charge in [0.2, 0.25) is 5.91 Å². The van der Waals surface area contributed by atoms with Crippen LogP contribution in [0.25, 0.3) is 0 Å². The Balaban J connectivity index is 1.72. The second-order valence-corrected chi connectivity index (χ2v) is 6.20. The molecule has 24 heavy (non-hydrogen) atoms. The molecule has 3 rings (SSSR count). The Kier molecular flexibility index (Phi) is 4.42. The van der Waals surface area contributed by atoms with Crippen molar-refractivity contribution in [2.75, 3.05) is 23.3 Å². The van der Waals surface area contributed by atoms with E-state index < -0.39 is 17.8 Å². The fraction of sp³-hybridized carbons (Fsp3) is 0.471. The van der Waals surface area contributed by atoms with Crippen LogP contribution >= 0.6 is 0 Å². The van der Waals surface area contributed by atoms with E-state index in [1.54, 1.807) is 17.0 Å². The number of nitrogens with zero attached hydrogens (tertiary/aromatic N) is 1. The minimum Gasteiger partial charge on any atom is -0.481 e. The molecule has 0 bridgehead atoms. The Labute approximate surface area is 140 Å². The molecule has 0 saturated heterocycles. The number of nitrogens with one attached hydrogen (secondary N) is 2. The summed E-state index contributed by atoms with van der Waals surface area (Å²) in [7, 11) is 0. The van der Waals surface area contributed by atoms with E-state index in [4.69, 9.17) is 5.11 Å². The number of aliphatic carboxylic acids is 1. The highest BCUT2D eigenvalue weighted by molar-refractivity contribution is 5.98. The van der Waals surface area contributed by atoms with Crippen LogP contribution in [-0.2, 0) is 16.0 Å². The van der Waals surface area contributed by atoms with Gasteiger partial charge < -0.3 is 15.7 Å². The number of carbonyl (C=O) groups is 3. The molecule has 7 heteroatoms. The van der Waals surface area contributed by atoms with Crippen molar-refractivity contribution < 1.29 is 19.5 Å². The maximum atomic E-state index is 12.3. The Hall–Kier alpha value is -2.57. The number of carboxylic acids is 1. The summed E-state index contributed by atoms with van der Waals surface area (Å²) in [6.07, 6.45) is 1.92. The largest absolute Gasteiger partial charge is 0.481 e. The first-order chi connectivity index (χ1) is 11.5. The third-order valence-electron chi connectivity index (χ3n) is 4.75. The summed E-state index contributed by atoms with van der Waals surface area (Å²) in [5.74, 6) is -2.25. The maximum absolute atomic E-state index is 12.3. The fourth-order valence-corrected chi connectivity index (χ4v) is 3.26. The van der Waals surface area contributed by atoms with E-state index in [0.717, 1.165) is 17.7 Å². The van der Waals surface area contributed by atoms with Crippen molar-refractivity contribution in [2.45, 2.75) is 26.2 Å². The molecule has 0 spiro atoms. The van der Waals surface area contributed by atoms with Gasteiger partial charge in [0.15, 0.2) is 0 Å². The monoisotopic (exact) mass is 331 g/mol. The molecule has 3 amide bonds. The summed E-state index contributed by atoms with van der Waals surface area (Å²) < 4.78 is 0. The zero-order valence-electron chi connectivity index (χ0n) is 13.5. The van der Waals surface area contributed by atoms with Gasteiger partial charge >= 0.3 is 12.0 Å². The summed E-state index contributed by atoms with van der Waals surface area (Å²) in [5, 5.41) is 14.6. The van der Waals surface area contributed by atoms with Crippen molar-refractivity contribution >= 4 is 29.3 Å². The van der Waals surface area contributed by atoms with Gasteiger partial charge in [-0.15, -0.1) is 0 Å². The van der Waals surface area contributed by atoms with Gasteiger partial charge in [0.25, 0.3) is 0 Å². The van der Waals surface area contributed by atoms with Crippen molar-refractivity contribution in [3.8, 4) is 0 Å². The molecule has 1 saturated carbocycles. The molecule has 0 aromatic heterocycles. The third kappa shape index (κ3) is 2.93. The van der Waals surface area contributed by atoms with E-state index in [0.29, 0.717) is 31.6 Å². The number of carboxylic acid groups (broad SMARTS) is 1. The number of rotatable bonds is 4. The van der Waals surface area contributed by atoms with Gasteiger partial charge in [0, 0.05) is 18.8 Å². The van der Waals surface area contributed by atoms with Gasteiger partial charge in [0.1, 0.15) is 0 Å². The first kappa shape index (κ1) is 16.3. The van der Waals surface area contributed by atoms with Gasteiger partial charge in [0.05, 0.1) is 17.5 Å². The number of benzene rings is 1. The van der Waals surface area contributed by atoms with Crippen LogP contribution in [0.2, 0.25) is 0 Å². The van der Waals surface area contributed by atoms with Crippen molar-refractivity contribution in [3.63, 3.8) is 0 Å². The Bertz CT molecular complexity index is 688. The highest BCUT2D eigenvalue weighted by Gasteiger charge is 2.41. The molecule has 7 nitrogen and oxygen atoms in total. The van der Waals surface area contributed by atoms with E-state index in [1.807, 2.05) is 13.0 Å². The van der Waals surface area contributed by atoms with Crippen LogP contribution in [0.15, 0.2) is 18.2 Å². The number of hydrogen-bond donors (Lipinski definition) is 3. The summed E-state index contributed by atoms with van der Waals surface area (Å²) >= 11 is 0. The molecule has 3 N–H and O–H groups in total. The Morgan fingerprint density at radius 1 is 1.25 bits per heavy atom. The predicted octanol–water partition coefficient (Wildman–Crippen LogP) is 1.83. The normalized spacial score (nSPS) is 21.6. The van der Waals surface area contributed by atoms with Crippen molar-refractivity contribution in [1.29, 1.82) is 0 Å². The number of urea groups is 1. The first-order valence-electron chi connectivity index (χ1n) is 8.23. The molecule has 128 valence electrons. The molecule has 2 aliphatic rings. The highest BCUT2D eigenvalue weighted by Crippen LogP contribution is 2.36. The van der Waals surface area contributed by atoms with Crippen molar-refractivity contribution in [1.82, 2.24) is 5.32 Å². The average molecular weight is 331 g/mol. The number of anilines is 2. The van der Waals surface area contributed by atoms with Crippen LogP contribution in [0.5, 0.6) is 0 Å². The lowest BCUT2D eigenvalue weighted by Crippen LogP contribution is -2.41. The standard InChI is InChI=1S/C17H21N3O4/c1-2-18-17(24)20-8-7-10-3-4-11(9-14(10)20)19-15(21)12-5-6-13(12)16(22)23/h3-4,9,12-13H,2,5-8H2,1H3,(H,18,24)(H,19,21)(H,22,23). The minimum absolute atomic E-state index is 0.148. The zero-order chi connectivity index (χ0) is 17.3. The molecule has 1 aliphatic heterocycles. The van der Waals surface area contributed by atoms with Gasteiger partial charge in [-0.3, -0.25) is 14.5 Å². The van der Waals surface area contributed by atoms with E-state index >= 15 is 0 Å². The molecule has 1 heterocycles. The zero-order valence-corrected chi connectivity index (χ0v) is 13.5. The number of carbonyl (C=O) groups excluding carboxylic acids is 2. The van der Waals surface area contributed by atoms with Gasteiger partial charge in [-0.2, -0.15) is 0 Å². The van der Waals surface area contributed by atoms with Gasteiger partial charge in [-0.05, 0) is 43.9 Å². The van der Waals surface area contributed by atoms with Crippen LogP contribution in [0, 0.1) is 11.8 Å². The minimum atomic E-state index is -0.919. The fourth-order valence-electron chi connectivity index (χ4n) is 3.26. The van der Waals surface area contributed by atoms with Crippen LogP contribution in [0.3, 0.4) is 0 Å². The van der Waals surface area contributed by atoms with Crippen LogP contribution in [-0.4, -0.2) is 36.1 Å². The predicted molar refractivity (Wildman–Crippen MR) is 89.0 cm³/mol. The summed E-state index contributed by atoms with van der Waals surface area (Å²) in [5.41, 5.74) is 2.44. The SMILES string of the molecule is CCNC(=O)N1CCc2ccc(NC(=O)C3CCC3C(=O)O)cc21. The topological polar surface area (TPSA) is 98.7 Å². The van der Waals surface area contributed by atoms with Crippen molar-refractivity contribution in [2.24, 2.45) is 11.8 Å². The first-order valence-corrected chi connectivity index (χ1v) is 8.23. The van der Waals surface area contributed by atoms with Crippen LogP contribution in [0.4, 0.5) is 16.2 Å². The van der Waals surface area contributed by atoms with Gasteiger partial charge in [-0.1, -0.05) is 6.07 Å². The molecule has 2 atom stereocenters. The molecular weight excluding hydrogens is 310 g/mol. The molecule has 1 aromatic rings. The maximum Gasteiger partial charge on any atom is 0.321 e. The van der Waals surface area contributed by atoms with E-state index in [-0.39, 0.29) is 11.9 Å². The summed E-state index contributed by atoms with van der Waals surface area (Å²) in [4.78, 5) is 37.1. The van der Waals surface area contributed by atoms with E-state index in [9.17, 15) is 14.4 Å². The molecule has 2 unspecified atom stereocenters. The molecule has 1 fully saturated rings. The average Bonchev–Trinajstić information content (AvgIpc) is 2.88. The van der Waals surface area contributed by atoms with E-state index in [2.05, 4.69) is 10.6 Å². The van der Waals surface area contributed by atoms with Gasteiger partial charge in [-0.25, -0.2) is 4.79 Å². The number of hydrogen-bond acceptors (Lipinski definition) is 3. The second-order valence-electron chi connectivity index (χ2n) is 6.20. The van der Waals surface area contributed by atoms with Crippen LogP contribution < -0.4 is 15.5 Å². The second kappa shape index (κ2) is 6.51. The quantitative estimate of drug-likeness (QED) is 0.784. The molecule has 1 aliphatic carbocycles. The highest BCUT2D eigenvalue weighted by atomic mass is 16.4. The summed E-state index contributed by atoms with van der Waals surface area (Å²) in [6.45, 7) is 3.03. The lowest BCUT2D eigenvalue weighted by atomic mass is 9.73. The molecule has 1 aromatic carbocycles.